The second-order valence-electron chi connectivity index (χ2n) is 6.17. The van der Waals surface area contributed by atoms with Gasteiger partial charge >= 0.3 is 0 Å². The van der Waals surface area contributed by atoms with Crippen LogP contribution in [-0.2, 0) is 12.3 Å². The number of non-ortho nitro benzene ring substituents is 1. The van der Waals surface area contributed by atoms with Crippen LogP contribution in [0.2, 0.25) is 10.0 Å². The fourth-order valence-electron chi connectivity index (χ4n) is 2.69. The number of nitrogens with zero attached hydrogens (tertiary/aromatic N) is 5. The van der Waals surface area contributed by atoms with E-state index >= 15 is 0 Å². The zero-order valence-corrected chi connectivity index (χ0v) is 18.1. The molecular formula is C18H11Cl2N5O3S2. The van der Waals surface area contributed by atoms with Crippen LogP contribution in [0.1, 0.15) is 11.3 Å². The highest BCUT2D eigenvalue weighted by atomic mass is 35.5. The molecule has 2 aromatic heterocycles. The summed E-state index contributed by atoms with van der Waals surface area (Å²) in [6.45, 7) is 0.545. The fourth-order valence-corrected chi connectivity index (χ4v) is 5.04. The molecule has 0 saturated carbocycles. The van der Waals surface area contributed by atoms with Gasteiger partial charge in [-0.2, -0.15) is 4.98 Å². The molecule has 0 aliphatic heterocycles. The molecule has 0 amide bonds. The van der Waals surface area contributed by atoms with E-state index in [-0.39, 0.29) is 20.8 Å². The molecule has 0 aliphatic rings. The van der Waals surface area contributed by atoms with Crippen molar-refractivity contribution in [2.45, 2.75) is 16.6 Å². The third kappa shape index (κ3) is 4.62. The third-order valence-corrected chi connectivity index (χ3v) is 6.78. The second-order valence-corrected chi connectivity index (χ2v) is 9.26. The molecule has 12 heteroatoms. The van der Waals surface area contributed by atoms with Crippen molar-refractivity contribution in [3.63, 3.8) is 0 Å². The minimum Gasteiger partial charge on any atom is -0.267 e. The van der Waals surface area contributed by atoms with Crippen molar-refractivity contribution in [3.05, 3.63) is 84.4 Å². The van der Waals surface area contributed by atoms with Crippen molar-refractivity contribution < 1.29 is 4.92 Å². The van der Waals surface area contributed by atoms with E-state index in [9.17, 15) is 14.9 Å². The maximum absolute atomic E-state index is 12.3. The van der Waals surface area contributed by atoms with Crippen molar-refractivity contribution in [2.24, 2.45) is 0 Å². The van der Waals surface area contributed by atoms with Crippen LogP contribution in [0, 0.1) is 10.1 Å². The van der Waals surface area contributed by atoms with Crippen molar-refractivity contribution in [3.8, 4) is 0 Å². The van der Waals surface area contributed by atoms with Gasteiger partial charge in [0.25, 0.3) is 11.2 Å². The smallest absolute Gasteiger partial charge is 0.267 e. The Morgan fingerprint density at radius 3 is 2.67 bits per heavy atom. The predicted octanol–water partition coefficient (Wildman–Crippen LogP) is 4.80. The van der Waals surface area contributed by atoms with E-state index in [0.29, 0.717) is 27.4 Å². The minimum atomic E-state index is -0.555. The highest BCUT2D eigenvalue weighted by molar-refractivity contribution is 8.00. The molecule has 0 N–H and O–H groups in total. The average molecular weight is 480 g/mol. The molecule has 0 bridgehead atoms. The average Bonchev–Trinajstić information content (AvgIpc) is 3.15. The lowest BCUT2D eigenvalue weighted by Crippen LogP contribution is -2.06. The standard InChI is InChI=1S/C18H11Cl2N5O3S2/c19-11-3-1-10(2-4-11)7-24-8-13(22-23-24)9-29-18-21-17(26)14-5-12(20)6-15(25(27)28)16(14)30-18/h1-6,8H,7,9H2. The SMILES string of the molecule is O=c1nc(SCc2cn(Cc3ccc(Cl)cc3)nn2)sc2c([N+](=O)[O-])cc(Cl)cc12. The number of rotatable bonds is 6. The van der Waals surface area contributed by atoms with E-state index in [4.69, 9.17) is 23.2 Å². The van der Waals surface area contributed by atoms with Crippen LogP contribution < -0.4 is 5.56 Å². The molecule has 0 spiro atoms. The van der Waals surface area contributed by atoms with Gasteiger partial charge in [-0.15, -0.1) is 16.4 Å². The van der Waals surface area contributed by atoms with Gasteiger partial charge in [-0.25, -0.2) is 4.68 Å². The maximum Gasteiger partial charge on any atom is 0.288 e. The highest BCUT2D eigenvalue weighted by Gasteiger charge is 2.18. The monoisotopic (exact) mass is 479 g/mol. The molecule has 4 rings (SSSR count). The summed E-state index contributed by atoms with van der Waals surface area (Å²) < 4.78 is 2.35. The van der Waals surface area contributed by atoms with Crippen LogP contribution in [-0.4, -0.2) is 24.9 Å². The molecule has 0 fully saturated rings. The Bertz CT molecular complexity index is 1310. The molecule has 4 aromatic rings. The molecule has 8 nitrogen and oxygen atoms in total. The van der Waals surface area contributed by atoms with Gasteiger partial charge in [0.1, 0.15) is 4.70 Å². The molecule has 2 aromatic carbocycles. The molecule has 2 heterocycles. The zero-order chi connectivity index (χ0) is 21.3. The first-order valence-electron chi connectivity index (χ1n) is 8.44. The number of aromatic nitrogens is 4. The second kappa shape index (κ2) is 8.68. The first-order chi connectivity index (χ1) is 14.4. The Balaban J connectivity index is 1.53. The Morgan fingerprint density at radius 1 is 1.17 bits per heavy atom. The van der Waals surface area contributed by atoms with Crippen LogP contribution >= 0.6 is 46.3 Å². The van der Waals surface area contributed by atoms with Crippen LogP contribution in [0.15, 0.2) is 51.7 Å². The normalized spacial score (nSPS) is 11.1. The zero-order valence-electron chi connectivity index (χ0n) is 15.0. The third-order valence-electron chi connectivity index (χ3n) is 4.03. The topological polar surface area (TPSA) is 104 Å². The predicted molar refractivity (Wildman–Crippen MR) is 118 cm³/mol. The Morgan fingerprint density at radius 2 is 1.93 bits per heavy atom. The number of fused-ring (bicyclic) bond motifs is 1. The first-order valence-corrected chi connectivity index (χ1v) is 11.0. The maximum atomic E-state index is 12.3. The molecule has 152 valence electrons. The molecular weight excluding hydrogens is 469 g/mol. The minimum absolute atomic E-state index is 0.123. The van der Waals surface area contributed by atoms with Gasteiger partial charge in [-0.3, -0.25) is 14.9 Å². The van der Waals surface area contributed by atoms with E-state index in [1.165, 1.54) is 23.9 Å². The summed E-state index contributed by atoms with van der Waals surface area (Å²) in [5.41, 5.74) is 0.964. The molecule has 0 unspecified atom stereocenters. The number of thioether (sulfide) groups is 1. The van der Waals surface area contributed by atoms with Gasteiger partial charge in [0.2, 0.25) is 0 Å². The number of nitro benzene ring substituents is 1. The van der Waals surface area contributed by atoms with E-state index in [1.807, 2.05) is 24.3 Å². The van der Waals surface area contributed by atoms with Crippen LogP contribution in [0.5, 0.6) is 0 Å². The van der Waals surface area contributed by atoms with Gasteiger partial charge in [0.15, 0.2) is 4.34 Å². The summed E-state index contributed by atoms with van der Waals surface area (Å²) >= 11 is 14.1. The lowest BCUT2D eigenvalue weighted by molar-refractivity contribution is -0.382. The number of benzene rings is 2. The number of hydrogen-bond acceptors (Lipinski definition) is 8. The summed E-state index contributed by atoms with van der Waals surface area (Å²) in [6, 6.07) is 10.1. The molecule has 0 saturated heterocycles. The van der Waals surface area contributed by atoms with E-state index in [1.54, 1.807) is 10.9 Å². The van der Waals surface area contributed by atoms with Crippen molar-refractivity contribution >= 4 is 62.1 Å². The summed E-state index contributed by atoms with van der Waals surface area (Å²) in [5.74, 6) is 0.413. The van der Waals surface area contributed by atoms with E-state index in [0.717, 1.165) is 16.9 Å². The van der Waals surface area contributed by atoms with E-state index < -0.39 is 10.5 Å². The lowest BCUT2D eigenvalue weighted by Gasteiger charge is -2.02. The summed E-state index contributed by atoms with van der Waals surface area (Å²) in [5, 5.41) is 20.5. The van der Waals surface area contributed by atoms with Crippen molar-refractivity contribution in [1.82, 2.24) is 20.0 Å². The Labute approximate surface area is 187 Å². The lowest BCUT2D eigenvalue weighted by atomic mass is 10.2. The summed E-state index contributed by atoms with van der Waals surface area (Å²) in [4.78, 5) is 27.1. The molecule has 0 radical (unpaired) electrons. The number of nitro groups is 1. The molecule has 0 atom stereocenters. The van der Waals surface area contributed by atoms with Crippen LogP contribution in [0.3, 0.4) is 0 Å². The number of hydrogen-bond donors (Lipinski definition) is 0. The highest BCUT2D eigenvalue weighted by Crippen LogP contribution is 2.35. The van der Waals surface area contributed by atoms with E-state index in [2.05, 4.69) is 15.3 Å². The Hall–Kier alpha value is -2.53. The number of halogens is 2. The van der Waals surface area contributed by atoms with Gasteiger partial charge in [0.05, 0.1) is 22.5 Å². The first kappa shape index (κ1) is 20.7. The fraction of sp³-hybridized carbons (Fsp3) is 0.111. The van der Waals surface area contributed by atoms with Crippen LogP contribution in [0.25, 0.3) is 10.1 Å². The summed E-state index contributed by atoms with van der Waals surface area (Å²) in [7, 11) is 0. The van der Waals surface area contributed by atoms with Crippen molar-refractivity contribution in [2.75, 3.05) is 0 Å². The van der Waals surface area contributed by atoms with Crippen molar-refractivity contribution in [1.29, 1.82) is 0 Å². The molecule has 30 heavy (non-hydrogen) atoms. The van der Waals surface area contributed by atoms with Gasteiger partial charge in [-0.1, -0.05) is 52.3 Å². The van der Waals surface area contributed by atoms with Gasteiger partial charge in [-0.05, 0) is 23.8 Å². The van der Waals surface area contributed by atoms with Gasteiger partial charge < -0.3 is 0 Å². The largest absolute Gasteiger partial charge is 0.288 e. The van der Waals surface area contributed by atoms with Crippen LogP contribution in [0.4, 0.5) is 5.69 Å². The molecule has 0 aliphatic carbocycles. The quantitative estimate of drug-likeness (QED) is 0.222. The Kier molecular flexibility index (Phi) is 6.00. The van der Waals surface area contributed by atoms with Gasteiger partial charge in [0, 0.05) is 28.1 Å². The summed E-state index contributed by atoms with van der Waals surface area (Å²) in [6.07, 6.45) is 1.80.